The fourth-order valence-corrected chi connectivity index (χ4v) is 2.65. The van der Waals surface area contributed by atoms with Crippen molar-refractivity contribution in [2.75, 3.05) is 13.2 Å². The molecule has 1 heterocycles. The van der Waals surface area contributed by atoms with Crippen LogP contribution in [0.1, 0.15) is 53.4 Å². The highest BCUT2D eigenvalue weighted by molar-refractivity contribution is 5.81. The molecule has 2 unspecified atom stereocenters. The number of rotatable bonds is 6. The molecule has 4 nitrogen and oxygen atoms in total. The molecule has 0 aromatic carbocycles. The molecule has 0 spiro atoms. The summed E-state index contributed by atoms with van der Waals surface area (Å²) in [5.74, 6) is -0.122. The highest BCUT2D eigenvalue weighted by Crippen LogP contribution is 2.29. The third-order valence-corrected chi connectivity index (χ3v) is 3.30. The quantitative estimate of drug-likeness (QED) is 0.742. The Morgan fingerprint density at radius 3 is 2.78 bits per heavy atom. The molecule has 18 heavy (non-hydrogen) atoms. The van der Waals surface area contributed by atoms with E-state index in [1.165, 1.54) is 0 Å². The second-order valence-electron chi connectivity index (χ2n) is 5.34. The molecule has 4 heteroatoms. The van der Waals surface area contributed by atoms with Gasteiger partial charge >= 0.3 is 5.97 Å². The Bertz CT molecular complexity index is 266. The van der Waals surface area contributed by atoms with Crippen LogP contribution < -0.4 is 5.32 Å². The summed E-state index contributed by atoms with van der Waals surface area (Å²) in [4.78, 5) is 12.3. The third kappa shape index (κ3) is 3.95. The van der Waals surface area contributed by atoms with Crippen LogP contribution in [0.25, 0.3) is 0 Å². The van der Waals surface area contributed by atoms with Crippen LogP contribution in [0.2, 0.25) is 0 Å². The van der Waals surface area contributed by atoms with Crippen molar-refractivity contribution < 1.29 is 14.3 Å². The molecule has 0 radical (unpaired) electrons. The van der Waals surface area contributed by atoms with E-state index in [4.69, 9.17) is 9.47 Å². The molecule has 2 atom stereocenters. The molecular weight excluding hydrogens is 230 g/mol. The van der Waals surface area contributed by atoms with E-state index in [1.807, 2.05) is 6.92 Å². The molecule has 1 saturated heterocycles. The largest absolute Gasteiger partial charge is 0.465 e. The van der Waals surface area contributed by atoms with E-state index < -0.39 is 5.54 Å². The smallest absolute Gasteiger partial charge is 0.326 e. The Morgan fingerprint density at radius 2 is 2.22 bits per heavy atom. The van der Waals surface area contributed by atoms with E-state index in [0.717, 1.165) is 19.3 Å². The number of ether oxygens (including phenoxy) is 2. The van der Waals surface area contributed by atoms with Gasteiger partial charge in [-0.2, -0.15) is 0 Å². The maximum absolute atomic E-state index is 12.3. The van der Waals surface area contributed by atoms with Gasteiger partial charge in [-0.25, -0.2) is 0 Å². The monoisotopic (exact) mass is 257 g/mol. The van der Waals surface area contributed by atoms with Crippen molar-refractivity contribution in [2.45, 2.75) is 71.1 Å². The van der Waals surface area contributed by atoms with Crippen LogP contribution in [0, 0.1) is 0 Å². The van der Waals surface area contributed by atoms with Crippen LogP contribution in [0.3, 0.4) is 0 Å². The number of hydrogen-bond acceptors (Lipinski definition) is 4. The summed E-state index contributed by atoms with van der Waals surface area (Å²) in [5, 5.41) is 3.41. The minimum atomic E-state index is -0.553. The molecular formula is C14H27NO3. The van der Waals surface area contributed by atoms with Crippen molar-refractivity contribution in [1.82, 2.24) is 5.32 Å². The number of nitrogens with one attached hydrogen (secondary N) is 1. The molecule has 0 aliphatic carbocycles. The molecule has 1 aliphatic rings. The van der Waals surface area contributed by atoms with Crippen LogP contribution in [0.5, 0.6) is 0 Å². The molecule has 0 aromatic rings. The highest BCUT2D eigenvalue weighted by Gasteiger charge is 2.44. The predicted molar refractivity (Wildman–Crippen MR) is 71.5 cm³/mol. The lowest BCUT2D eigenvalue weighted by Crippen LogP contribution is -2.60. The van der Waals surface area contributed by atoms with E-state index in [-0.39, 0.29) is 18.1 Å². The molecule has 0 saturated carbocycles. The van der Waals surface area contributed by atoms with E-state index in [0.29, 0.717) is 19.6 Å². The van der Waals surface area contributed by atoms with Gasteiger partial charge in [-0.3, -0.25) is 10.1 Å². The zero-order valence-electron chi connectivity index (χ0n) is 12.1. The number of hydrogen-bond donors (Lipinski definition) is 1. The van der Waals surface area contributed by atoms with Crippen molar-refractivity contribution in [3.63, 3.8) is 0 Å². The normalized spacial score (nSPS) is 28.4. The van der Waals surface area contributed by atoms with Crippen LogP contribution in [0.4, 0.5) is 0 Å². The van der Waals surface area contributed by atoms with Gasteiger partial charge in [0.1, 0.15) is 5.54 Å². The summed E-state index contributed by atoms with van der Waals surface area (Å²) < 4.78 is 11.0. The Balaban J connectivity index is 2.78. The number of carbonyl (C=O) groups excluding carboxylic acids is 1. The van der Waals surface area contributed by atoms with E-state index in [1.54, 1.807) is 0 Å². The van der Waals surface area contributed by atoms with Crippen molar-refractivity contribution >= 4 is 5.97 Å². The minimum Gasteiger partial charge on any atom is -0.465 e. The molecule has 0 bridgehead atoms. The summed E-state index contributed by atoms with van der Waals surface area (Å²) in [6.07, 6.45) is 3.66. The van der Waals surface area contributed by atoms with E-state index in [2.05, 4.69) is 26.1 Å². The Kier molecular flexibility index (Phi) is 6.09. The number of carbonyl (C=O) groups is 1. The van der Waals surface area contributed by atoms with Gasteiger partial charge in [-0.05, 0) is 33.6 Å². The predicted octanol–water partition coefficient (Wildman–Crippen LogP) is 2.27. The Morgan fingerprint density at radius 1 is 1.50 bits per heavy atom. The average molecular weight is 257 g/mol. The Hall–Kier alpha value is -0.610. The lowest BCUT2D eigenvalue weighted by Gasteiger charge is -2.40. The maximum Gasteiger partial charge on any atom is 0.326 e. The summed E-state index contributed by atoms with van der Waals surface area (Å²) in [7, 11) is 0. The summed E-state index contributed by atoms with van der Waals surface area (Å²) in [6, 6.07) is 0.259. The van der Waals surface area contributed by atoms with Gasteiger partial charge in [0, 0.05) is 19.1 Å². The summed E-state index contributed by atoms with van der Waals surface area (Å²) in [6.45, 7) is 9.17. The van der Waals surface area contributed by atoms with Crippen molar-refractivity contribution in [2.24, 2.45) is 0 Å². The first-order valence-electron chi connectivity index (χ1n) is 7.10. The van der Waals surface area contributed by atoms with Crippen LogP contribution in [-0.4, -0.2) is 36.9 Å². The van der Waals surface area contributed by atoms with Gasteiger partial charge in [-0.1, -0.05) is 13.3 Å². The molecule has 1 aliphatic heterocycles. The molecule has 1 fully saturated rings. The van der Waals surface area contributed by atoms with Crippen molar-refractivity contribution in [3.8, 4) is 0 Å². The first kappa shape index (κ1) is 15.4. The molecule has 0 aromatic heterocycles. The maximum atomic E-state index is 12.3. The third-order valence-electron chi connectivity index (χ3n) is 3.30. The fraction of sp³-hybridized carbons (Fsp3) is 0.929. The van der Waals surface area contributed by atoms with Crippen LogP contribution in [0.15, 0.2) is 0 Å². The second kappa shape index (κ2) is 7.10. The second-order valence-corrected chi connectivity index (χ2v) is 5.34. The van der Waals surface area contributed by atoms with Crippen molar-refractivity contribution in [1.29, 1.82) is 0 Å². The van der Waals surface area contributed by atoms with Crippen molar-refractivity contribution in [3.05, 3.63) is 0 Å². The fourth-order valence-electron chi connectivity index (χ4n) is 2.65. The van der Waals surface area contributed by atoms with E-state index >= 15 is 0 Å². The zero-order chi connectivity index (χ0) is 13.6. The standard InChI is InChI=1S/C14H27NO3/c1-5-7-12-10-14(8-9-18-12,15-11(3)4)13(16)17-6-2/h11-12,15H,5-10H2,1-4H3. The Labute approximate surface area is 110 Å². The van der Waals surface area contributed by atoms with Gasteiger partial charge in [-0.15, -0.1) is 0 Å². The molecule has 1 rings (SSSR count). The average Bonchev–Trinajstić information content (AvgIpc) is 2.29. The zero-order valence-corrected chi connectivity index (χ0v) is 12.1. The summed E-state index contributed by atoms with van der Waals surface area (Å²) in [5.41, 5.74) is -0.553. The topological polar surface area (TPSA) is 47.6 Å². The first-order chi connectivity index (χ1) is 8.54. The first-order valence-corrected chi connectivity index (χ1v) is 7.10. The lowest BCUT2D eigenvalue weighted by atomic mass is 9.84. The summed E-state index contributed by atoms with van der Waals surface area (Å²) >= 11 is 0. The minimum absolute atomic E-state index is 0.122. The van der Waals surface area contributed by atoms with Gasteiger partial charge in [0.2, 0.25) is 0 Å². The number of esters is 1. The molecule has 1 N–H and O–H groups in total. The van der Waals surface area contributed by atoms with E-state index in [9.17, 15) is 4.79 Å². The van der Waals surface area contributed by atoms with Gasteiger partial charge < -0.3 is 9.47 Å². The SMILES string of the molecule is CCCC1CC(NC(C)C)(C(=O)OCC)CCO1. The van der Waals surface area contributed by atoms with Gasteiger partial charge in [0.15, 0.2) is 0 Å². The highest BCUT2D eigenvalue weighted by atomic mass is 16.5. The van der Waals surface area contributed by atoms with Gasteiger partial charge in [0.05, 0.1) is 12.7 Å². The van der Waals surface area contributed by atoms with Crippen LogP contribution in [-0.2, 0) is 14.3 Å². The lowest BCUT2D eigenvalue weighted by molar-refractivity contribution is -0.159. The molecule has 106 valence electrons. The van der Waals surface area contributed by atoms with Crippen LogP contribution >= 0.6 is 0 Å². The van der Waals surface area contributed by atoms with Gasteiger partial charge in [0.25, 0.3) is 0 Å². The molecule has 0 amide bonds.